The van der Waals surface area contributed by atoms with Crippen molar-refractivity contribution in [2.75, 3.05) is 0 Å². The second kappa shape index (κ2) is 2.71. The third-order valence-corrected chi connectivity index (χ3v) is 1.41. The van der Waals surface area contributed by atoms with E-state index in [-0.39, 0.29) is 12.4 Å². The first kappa shape index (κ1) is 7.09. The fourth-order valence-corrected chi connectivity index (χ4v) is 0.841. The minimum atomic E-state index is -0.104. The summed E-state index contributed by atoms with van der Waals surface area (Å²) in [5.41, 5.74) is 1.63. The maximum atomic E-state index is 9.07. The summed E-state index contributed by atoms with van der Waals surface area (Å²) in [7, 11) is 0. The molecule has 54 valence electrons. The summed E-state index contributed by atoms with van der Waals surface area (Å²) in [5.74, 6) is 0.160. The van der Waals surface area contributed by atoms with Crippen molar-refractivity contribution in [3.63, 3.8) is 0 Å². The molecule has 1 aromatic carbocycles. The highest BCUT2D eigenvalue weighted by Gasteiger charge is 1.97. The van der Waals surface area contributed by atoms with Crippen molar-refractivity contribution in [3.05, 3.63) is 29.3 Å². The van der Waals surface area contributed by atoms with Crippen LogP contribution in [0.1, 0.15) is 11.1 Å². The van der Waals surface area contributed by atoms with Crippen LogP contribution in [0.25, 0.3) is 0 Å². The van der Waals surface area contributed by atoms with Crippen molar-refractivity contribution in [1.82, 2.24) is 0 Å². The molecule has 0 aliphatic rings. The molecule has 0 saturated heterocycles. The molecule has 0 aromatic heterocycles. The van der Waals surface area contributed by atoms with Crippen LogP contribution in [-0.4, -0.2) is 10.2 Å². The third kappa shape index (κ3) is 1.28. The first-order valence-electron chi connectivity index (χ1n) is 3.13. The topological polar surface area (TPSA) is 40.5 Å². The number of phenols is 1. The molecule has 0 radical (unpaired) electrons. The summed E-state index contributed by atoms with van der Waals surface area (Å²) in [6.45, 7) is 1.81. The zero-order valence-corrected chi connectivity index (χ0v) is 5.83. The molecule has 0 spiro atoms. The molecule has 0 unspecified atom stereocenters. The third-order valence-electron chi connectivity index (χ3n) is 1.41. The van der Waals surface area contributed by atoms with Gasteiger partial charge in [0.15, 0.2) is 0 Å². The fraction of sp³-hybridized carbons (Fsp3) is 0.250. The van der Waals surface area contributed by atoms with Crippen molar-refractivity contribution < 1.29 is 10.2 Å². The Morgan fingerprint density at radius 1 is 1.40 bits per heavy atom. The van der Waals surface area contributed by atoms with Crippen molar-refractivity contribution in [1.29, 1.82) is 0 Å². The van der Waals surface area contributed by atoms with E-state index in [0.29, 0.717) is 5.56 Å². The lowest BCUT2D eigenvalue weighted by molar-refractivity contribution is 0.275. The molecule has 0 amide bonds. The van der Waals surface area contributed by atoms with Gasteiger partial charge in [0.2, 0.25) is 0 Å². The Bertz CT molecular complexity index is 231. The molecular formula is C8H10O2. The van der Waals surface area contributed by atoms with Gasteiger partial charge in [-0.3, -0.25) is 0 Å². The van der Waals surface area contributed by atoms with Crippen molar-refractivity contribution in [3.8, 4) is 5.75 Å². The molecule has 2 heteroatoms. The lowest BCUT2D eigenvalue weighted by Crippen LogP contribution is -1.84. The van der Waals surface area contributed by atoms with E-state index >= 15 is 0 Å². The predicted octanol–water partition coefficient (Wildman–Crippen LogP) is 1.19. The zero-order valence-electron chi connectivity index (χ0n) is 5.83. The molecule has 0 heterocycles. The lowest BCUT2D eigenvalue weighted by atomic mass is 10.1. The molecule has 0 bridgehead atoms. The van der Waals surface area contributed by atoms with E-state index in [1.165, 1.54) is 0 Å². The van der Waals surface area contributed by atoms with Crippen molar-refractivity contribution >= 4 is 0 Å². The number of aliphatic hydroxyl groups excluding tert-OH is 1. The van der Waals surface area contributed by atoms with E-state index in [9.17, 15) is 0 Å². The molecule has 10 heavy (non-hydrogen) atoms. The maximum absolute atomic E-state index is 9.07. The monoisotopic (exact) mass is 138 g/mol. The number of aromatic hydroxyl groups is 1. The highest BCUT2D eigenvalue weighted by Crippen LogP contribution is 2.17. The average molecular weight is 138 g/mol. The van der Waals surface area contributed by atoms with Gasteiger partial charge in [0.1, 0.15) is 5.75 Å². The van der Waals surface area contributed by atoms with Gasteiger partial charge in [0.05, 0.1) is 6.61 Å². The average Bonchev–Trinajstić information content (AvgIpc) is 1.94. The van der Waals surface area contributed by atoms with Gasteiger partial charge in [0, 0.05) is 5.56 Å². The van der Waals surface area contributed by atoms with Crippen LogP contribution in [-0.2, 0) is 6.61 Å². The molecular weight excluding hydrogens is 128 g/mol. The molecule has 0 saturated carbocycles. The zero-order chi connectivity index (χ0) is 7.56. The summed E-state index contributed by atoms with van der Waals surface area (Å²) >= 11 is 0. The minimum Gasteiger partial charge on any atom is -0.508 e. The molecule has 2 N–H and O–H groups in total. The molecule has 0 atom stereocenters. The van der Waals surface area contributed by atoms with Gasteiger partial charge in [-0.1, -0.05) is 17.7 Å². The Kier molecular flexibility index (Phi) is 1.92. The van der Waals surface area contributed by atoms with Crippen LogP contribution < -0.4 is 0 Å². The highest BCUT2D eigenvalue weighted by atomic mass is 16.3. The van der Waals surface area contributed by atoms with E-state index in [4.69, 9.17) is 10.2 Å². The molecule has 1 aromatic rings. The van der Waals surface area contributed by atoms with Gasteiger partial charge in [-0.25, -0.2) is 0 Å². The highest BCUT2D eigenvalue weighted by molar-refractivity contribution is 5.34. The lowest BCUT2D eigenvalue weighted by Gasteiger charge is -2.00. The van der Waals surface area contributed by atoms with Crippen molar-refractivity contribution in [2.24, 2.45) is 0 Å². The molecule has 0 aliphatic carbocycles. The van der Waals surface area contributed by atoms with Gasteiger partial charge >= 0.3 is 0 Å². The van der Waals surface area contributed by atoms with E-state index in [0.717, 1.165) is 5.56 Å². The Morgan fingerprint density at radius 2 is 2.10 bits per heavy atom. The predicted molar refractivity (Wildman–Crippen MR) is 38.8 cm³/mol. The number of hydrogen-bond donors (Lipinski definition) is 2. The second-order valence-corrected chi connectivity index (χ2v) is 2.29. The maximum Gasteiger partial charge on any atom is 0.121 e. The Hall–Kier alpha value is -1.02. The van der Waals surface area contributed by atoms with Gasteiger partial charge in [-0.05, 0) is 13.0 Å². The van der Waals surface area contributed by atoms with Crippen LogP contribution in [0.15, 0.2) is 18.2 Å². The SMILES string of the molecule is Cc1ccc(O)c(CO)c1. The summed E-state index contributed by atoms with van der Waals surface area (Å²) in [4.78, 5) is 0. The van der Waals surface area contributed by atoms with Gasteiger partial charge in [0.25, 0.3) is 0 Å². The Morgan fingerprint density at radius 3 is 2.60 bits per heavy atom. The molecule has 1 rings (SSSR count). The van der Waals surface area contributed by atoms with Crippen LogP contribution in [0.4, 0.5) is 0 Å². The Balaban J connectivity index is 3.09. The van der Waals surface area contributed by atoms with Gasteiger partial charge in [-0.2, -0.15) is 0 Å². The molecule has 0 aliphatic heterocycles. The normalized spacial score (nSPS) is 9.80. The number of hydrogen-bond acceptors (Lipinski definition) is 2. The number of aliphatic hydroxyl groups is 1. The summed E-state index contributed by atoms with van der Waals surface area (Å²) in [6, 6.07) is 5.14. The quantitative estimate of drug-likeness (QED) is 0.612. The van der Waals surface area contributed by atoms with Gasteiger partial charge < -0.3 is 10.2 Å². The number of benzene rings is 1. The van der Waals surface area contributed by atoms with E-state index < -0.39 is 0 Å². The molecule has 0 fully saturated rings. The van der Waals surface area contributed by atoms with Crippen LogP contribution in [0.3, 0.4) is 0 Å². The fourth-order valence-electron chi connectivity index (χ4n) is 0.841. The first-order valence-corrected chi connectivity index (χ1v) is 3.13. The van der Waals surface area contributed by atoms with Crippen molar-refractivity contribution in [2.45, 2.75) is 13.5 Å². The van der Waals surface area contributed by atoms with Gasteiger partial charge in [-0.15, -0.1) is 0 Å². The van der Waals surface area contributed by atoms with Crippen LogP contribution in [0, 0.1) is 6.92 Å². The van der Waals surface area contributed by atoms with Crippen LogP contribution >= 0.6 is 0 Å². The van der Waals surface area contributed by atoms with Crippen LogP contribution in [0.5, 0.6) is 5.75 Å². The molecule has 2 nitrogen and oxygen atoms in total. The van der Waals surface area contributed by atoms with Crippen LogP contribution in [0.2, 0.25) is 0 Å². The standard InChI is InChI=1S/C8H10O2/c1-6-2-3-8(10)7(4-6)5-9/h2-4,9-10H,5H2,1H3. The summed E-state index contributed by atoms with van der Waals surface area (Å²) < 4.78 is 0. The summed E-state index contributed by atoms with van der Waals surface area (Å²) in [6.07, 6.45) is 0. The first-order chi connectivity index (χ1) is 4.74. The largest absolute Gasteiger partial charge is 0.508 e. The summed E-state index contributed by atoms with van der Waals surface area (Å²) in [5, 5.41) is 17.8. The number of rotatable bonds is 1. The Labute approximate surface area is 59.7 Å². The van der Waals surface area contributed by atoms with E-state index in [1.54, 1.807) is 18.2 Å². The second-order valence-electron chi connectivity index (χ2n) is 2.29. The minimum absolute atomic E-state index is 0.104. The number of aryl methyl sites for hydroxylation is 1. The van der Waals surface area contributed by atoms with E-state index in [1.807, 2.05) is 6.92 Å². The van der Waals surface area contributed by atoms with E-state index in [2.05, 4.69) is 0 Å². The smallest absolute Gasteiger partial charge is 0.121 e.